The van der Waals surface area contributed by atoms with E-state index in [9.17, 15) is 9.90 Å². The third-order valence-electron chi connectivity index (χ3n) is 5.97. The van der Waals surface area contributed by atoms with Crippen molar-refractivity contribution in [2.75, 3.05) is 32.9 Å². The molecule has 2 aromatic carbocycles. The molecule has 8 nitrogen and oxygen atoms in total. The molecule has 8 heteroatoms. The highest BCUT2D eigenvalue weighted by atomic mass is 16.5. The number of carbonyl (C=O) groups excluding carboxylic acids is 1. The fraction of sp³-hybridized carbons (Fsp3) is 0.407. The van der Waals surface area contributed by atoms with E-state index in [4.69, 9.17) is 9.47 Å². The van der Waals surface area contributed by atoms with Crippen LogP contribution < -0.4 is 15.4 Å². The van der Waals surface area contributed by atoms with E-state index in [-0.39, 0.29) is 17.2 Å². The van der Waals surface area contributed by atoms with E-state index in [1.54, 1.807) is 0 Å². The Balaban J connectivity index is 1.23. The zero-order chi connectivity index (χ0) is 24.5. The highest BCUT2D eigenvalue weighted by molar-refractivity contribution is 6.19. The summed E-state index contributed by atoms with van der Waals surface area (Å²) in [6.45, 7) is 6.70. The third kappa shape index (κ3) is 6.41. The Bertz CT molecular complexity index is 1150. The monoisotopic (exact) mass is 478 g/mol. The van der Waals surface area contributed by atoms with Gasteiger partial charge in [0.05, 0.1) is 24.2 Å². The van der Waals surface area contributed by atoms with E-state index >= 15 is 0 Å². The lowest BCUT2D eigenvalue weighted by Gasteiger charge is -2.18. The number of imidazole rings is 1. The molecule has 1 aliphatic rings. The number of rotatable bonds is 13. The smallest absolute Gasteiger partial charge is 0.258 e. The molecule has 0 aliphatic carbocycles. The molecule has 0 unspecified atom stereocenters. The molecule has 0 spiro atoms. The minimum atomic E-state index is -0.333. The number of hydrogen-bond donors (Lipinski definition) is 3. The van der Waals surface area contributed by atoms with Gasteiger partial charge in [-0.05, 0) is 42.8 Å². The van der Waals surface area contributed by atoms with E-state index < -0.39 is 0 Å². The lowest BCUT2D eigenvalue weighted by Crippen LogP contribution is -2.28. The lowest BCUT2D eigenvalue weighted by atomic mass is 10.1. The maximum absolute atomic E-state index is 13.0. The molecule has 186 valence electrons. The summed E-state index contributed by atoms with van der Waals surface area (Å²) in [5, 5.41) is 16.7. The maximum Gasteiger partial charge on any atom is 0.258 e. The Labute approximate surface area is 206 Å². The van der Waals surface area contributed by atoms with Crippen molar-refractivity contribution in [2.24, 2.45) is 0 Å². The van der Waals surface area contributed by atoms with Crippen LogP contribution in [-0.2, 0) is 22.6 Å². The number of aliphatic hydroxyl groups excluding tert-OH is 1. The Hall–Kier alpha value is -3.36. The molecule has 4 rings (SSSR count). The first-order valence-electron chi connectivity index (χ1n) is 12.3. The molecular weight excluding hydrogens is 444 g/mol. The molecular formula is C27H34N4O4. The van der Waals surface area contributed by atoms with Gasteiger partial charge in [-0.2, -0.15) is 0 Å². The van der Waals surface area contributed by atoms with E-state index in [1.165, 1.54) is 12.8 Å². The highest BCUT2D eigenvalue weighted by Gasteiger charge is 2.27. The number of ether oxygens (including phenoxy) is 2. The van der Waals surface area contributed by atoms with Crippen LogP contribution in [0.1, 0.15) is 37.6 Å². The molecule has 0 saturated carbocycles. The Morgan fingerprint density at radius 1 is 1.09 bits per heavy atom. The molecule has 0 saturated heterocycles. The van der Waals surface area contributed by atoms with E-state index in [0.717, 1.165) is 35.4 Å². The number of unbranched alkanes of at least 4 members (excludes halogenated alkanes) is 1. The fourth-order valence-electron chi connectivity index (χ4n) is 4.06. The quantitative estimate of drug-likeness (QED) is 0.323. The molecule has 3 aromatic rings. The van der Waals surface area contributed by atoms with Crippen molar-refractivity contribution in [1.29, 1.82) is 0 Å². The predicted molar refractivity (Wildman–Crippen MR) is 136 cm³/mol. The summed E-state index contributed by atoms with van der Waals surface area (Å²) in [5.41, 5.74) is 2.95. The van der Waals surface area contributed by atoms with Crippen LogP contribution >= 0.6 is 0 Å². The normalized spacial score (nSPS) is 13.2. The number of amides is 1. The molecule has 1 aromatic heterocycles. The number of hydrogen-bond acceptors (Lipinski definition) is 6. The van der Waals surface area contributed by atoms with Crippen molar-refractivity contribution in [1.82, 2.24) is 20.2 Å². The lowest BCUT2D eigenvalue weighted by molar-refractivity contribution is -0.116. The van der Waals surface area contributed by atoms with Gasteiger partial charge in [0.25, 0.3) is 5.91 Å². The van der Waals surface area contributed by atoms with Gasteiger partial charge in [0.2, 0.25) is 0 Å². The fourth-order valence-corrected chi connectivity index (χ4v) is 4.06. The molecule has 0 bridgehead atoms. The van der Waals surface area contributed by atoms with Gasteiger partial charge in [-0.25, -0.2) is 4.98 Å². The first-order valence-corrected chi connectivity index (χ1v) is 12.3. The first-order chi connectivity index (χ1) is 17.2. The van der Waals surface area contributed by atoms with Gasteiger partial charge in [-0.1, -0.05) is 37.6 Å². The number of allylic oxidation sites excluding steroid dienone is 1. The number of aryl methyl sites for hydroxylation is 1. The van der Waals surface area contributed by atoms with E-state index in [0.29, 0.717) is 45.2 Å². The minimum Gasteiger partial charge on any atom is -0.511 e. The number of fused-ring (bicyclic) bond motifs is 3. The van der Waals surface area contributed by atoms with Crippen molar-refractivity contribution < 1.29 is 19.4 Å². The summed E-state index contributed by atoms with van der Waals surface area (Å²) < 4.78 is 13.3. The highest BCUT2D eigenvalue weighted by Crippen LogP contribution is 2.29. The Kier molecular flexibility index (Phi) is 8.75. The molecule has 0 fully saturated rings. The average molecular weight is 479 g/mol. The Morgan fingerprint density at radius 3 is 2.74 bits per heavy atom. The molecule has 3 N–H and O–H groups in total. The van der Waals surface area contributed by atoms with Gasteiger partial charge in [-0.15, -0.1) is 0 Å². The molecule has 0 atom stereocenters. The van der Waals surface area contributed by atoms with Crippen LogP contribution in [0.2, 0.25) is 0 Å². The number of nitrogens with one attached hydrogen (secondary N) is 2. The zero-order valence-corrected chi connectivity index (χ0v) is 20.3. The van der Waals surface area contributed by atoms with Gasteiger partial charge in [0.15, 0.2) is 0 Å². The summed E-state index contributed by atoms with van der Waals surface area (Å²) in [6, 6.07) is 15.3. The summed E-state index contributed by atoms with van der Waals surface area (Å²) in [4.78, 5) is 17.6. The number of aromatic nitrogens is 2. The van der Waals surface area contributed by atoms with Crippen LogP contribution in [0.25, 0.3) is 16.6 Å². The molecule has 1 amide bonds. The zero-order valence-electron chi connectivity index (χ0n) is 20.3. The van der Waals surface area contributed by atoms with Gasteiger partial charge in [0, 0.05) is 26.1 Å². The molecule has 2 heterocycles. The Morgan fingerprint density at radius 2 is 1.91 bits per heavy atom. The van der Waals surface area contributed by atoms with Crippen molar-refractivity contribution in [3.05, 3.63) is 65.7 Å². The van der Waals surface area contributed by atoms with Crippen LogP contribution in [0.15, 0.2) is 54.3 Å². The third-order valence-corrected chi connectivity index (χ3v) is 5.97. The van der Waals surface area contributed by atoms with Gasteiger partial charge >= 0.3 is 0 Å². The van der Waals surface area contributed by atoms with Crippen LogP contribution in [0.5, 0.6) is 5.75 Å². The number of carbonyl (C=O) groups is 1. The van der Waals surface area contributed by atoms with Crippen molar-refractivity contribution in [3.8, 4) is 5.75 Å². The largest absolute Gasteiger partial charge is 0.511 e. The van der Waals surface area contributed by atoms with Crippen LogP contribution in [0, 0.1) is 0 Å². The molecule has 35 heavy (non-hydrogen) atoms. The SMILES string of the molecule is CCCCNCCOCCOc1ccc(CNC(=O)C2=C(O)CCn3c2nc2ccccc23)cc1. The van der Waals surface area contributed by atoms with E-state index in [1.807, 2.05) is 53.1 Å². The van der Waals surface area contributed by atoms with Gasteiger partial charge < -0.3 is 29.8 Å². The van der Waals surface area contributed by atoms with Crippen molar-refractivity contribution in [3.63, 3.8) is 0 Å². The second-order valence-corrected chi connectivity index (χ2v) is 8.54. The second-order valence-electron chi connectivity index (χ2n) is 8.54. The topological polar surface area (TPSA) is 97.6 Å². The number of nitrogens with zero attached hydrogens (tertiary/aromatic N) is 2. The number of para-hydroxylation sites is 2. The number of benzene rings is 2. The average Bonchev–Trinajstić information content (AvgIpc) is 3.25. The van der Waals surface area contributed by atoms with Gasteiger partial charge in [-0.3, -0.25) is 4.79 Å². The predicted octanol–water partition coefficient (Wildman–Crippen LogP) is 3.81. The van der Waals surface area contributed by atoms with Gasteiger partial charge in [0.1, 0.15) is 29.5 Å². The van der Waals surface area contributed by atoms with Crippen LogP contribution in [-0.4, -0.2) is 53.5 Å². The summed E-state index contributed by atoms with van der Waals surface area (Å²) in [6.07, 6.45) is 2.78. The maximum atomic E-state index is 13.0. The summed E-state index contributed by atoms with van der Waals surface area (Å²) >= 11 is 0. The standard InChI is InChI=1S/C27H34N4O4/c1-2-3-13-28-14-16-34-17-18-35-21-10-8-20(9-11-21)19-29-27(33)25-24(32)12-15-31-23-7-5-4-6-22(23)30-26(25)31/h4-11,28,32H,2-3,12-19H2,1H3,(H,29,33). The summed E-state index contributed by atoms with van der Waals surface area (Å²) in [7, 11) is 0. The molecule has 1 aliphatic heterocycles. The van der Waals surface area contributed by atoms with Crippen molar-refractivity contribution >= 4 is 22.5 Å². The van der Waals surface area contributed by atoms with Crippen molar-refractivity contribution in [2.45, 2.75) is 39.3 Å². The van der Waals surface area contributed by atoms with Crippen LogP contribution in [0.3, 0.4) is 0 Å². The first kappa shape index (κ1) is 24.8. The van der Waals surface area contributed by atoms with Crippen LogP contribution in [0.4, 0.5) is 0 Å². The summed E-state index contributed by atoms with van der Waals surface area (Å²) in [5.74, 6) is 1.01. The molecule has 0 radical (unpaired) electrons. The minimum absolute atomic E-state index is 0.0769. The number of aliphatic hydroxyl groups is 1. The van der Waals surface area contributed by atoms with E-state index in [2.05, 4.69) is 22.5 Å². The second kappa shape index (κ2) is 12.4.